The summed E-state index contributed by atoms with van der Waals surface area (Å²) in [6.07, 6.45) is 0.964. The molecule has 19 heavy (non-hydrogen) atoms. The molecule has 3 heterocycles. The first kappa shape index (κ1) is 11.1. The van der Waals surface area contributed by atoms with Crippen molar-refractivity contribution in [3.63, 3.8) is 0 Å². The third kappa shape index (κ3) is 1.76. The van der Waals surface area contributed by atoms with Gasteiger partial charge >= 0.3 is 0 Å². The minimum atomic E-state index is -0.652. The Labute approximate surface area is 105 Å². The molecule has 0 bridgehead atoms. The Morgan fingerprint density at radius 1 is 1.21 bits per heavy atom. The Morgan fingerprint density at radius 2 is 2.00 bits per heavy atom. The average Bonchev–Trinajstić information content (AvgIpc) is 2.72. The quantitative estimate of drug-likeness (QED) is 0.497. The first-order chi connectivity index (χ1) is 9.04. The van der Waals surface area contributed by atoms with Gasteiger partial charge in [0, 0.05) is 6.07 Å². The standard InChI is InChI=1S/C10H8FN7O/c11-3-1-4(19)5(14-2-3)8-15-6-7(12)16-10(13)18-9(6)17-8/h1-2,19H,(H5,12,13,15,16,17,18). The van der Waals surface area contributed by atoms with Crippen molar-refractivity contribution in [3.05, 3.63) is 18.1 Å². The van der Waals surface area contributed by atoms with Crippen molar-refractivity contribution in [3.8, 4) is 17.3 Å². The molecule has 0 atom stereocenters. The number of fused-ring (bicyclic) bond motifs is 1. The summed E-state index contributed by atoms with van der Waals surface area (Å²) in [5.74, 6) is -0.694. The molecule has 8 nitrogen and oxygen atoms in total. The van der Waals surface area contributed by atoms with E-state index in [1.807, 2.05) is 0 Å². The first-order valence-corrected chi connectivity index (χ1v) is 5.18. The predicted octanol–water partition coefficient (Wildman–Crippen LogP) is 0.424. The number of rotatable bonds is 1. The summed E-state index contributed by atoms with van der Waals surface area (Å²) in [7, 11) is 0. The predicted molar refractivity (Wildman–Crippen MR) is 65.4 cm³/mol. The van der Waals surface area contributed by atoms with Crippen molar-refractivity contribution in [2.45, 2.75) is 0 Å². The number of nitrogens with one attached hydrogen (secondary N) is 1. The lowest BCUT2D eigenvalue weighted by atomic mass is 10.3. The van der Waals surface area contributed by atoms with Gasteiger partial charge in [-0.2, -0.15) is 9.97 Å². The van der Waals surface area contributed by atoms with Crippen molar-refractivity contribution in [2.24, 2.45) is 0 Å². The van der Waals surface area contributed by atoms with Crippen LogP contribution in [-0.4, -0.2) is 30.0 Å². The first-order valence-electron chi connectivity index (χ1n) is 5.18. The molecule has 6 N–H and O–H groups in total. The summed E-state index contributed by atoms with van der Waals surface area (Å²) in [5, 5.41) is 9.64. The summed E-state index contributed by atoms with van der Waals surface area (Å²) in [4.78, 5) is 18.3. The molecule has 0 radical (unpaired) electrons. The fraction of sp³-hybridized carbons (Fsp3) is 0. The number of pyridine rings is 1. The van der Waals surface area contributed by atoms with Gasteiger partial charge in [-0.15, -0.1) is 0 Å². The molecule has 3 aromatic rings. The molecule has 0 unspecified atom stereocenters. The van der Waals surface area contributed by atoms with Gasteiger partial charge in [-0.05, 0) is 0 Å². The van der Waals surface area contributed by atoms with Crippen molar-refractivity contribution in [1.82, 2.24) is 24.9 Å². The fourth-order valence-corrected chi connectivity index (χ4v) is 1.66. The molecule has 0 aliphatic carbocycles. The molecular weight excluding hydrogens is 253 g/mol. The highest BCUT2D eigenvalue weighted by molar-refractivity contribution is 5.85. The Kier molecular flexibility index (Phi) is 2.21. The number of aromatic nitrogens is 5. The van der Waals surface area contributed by atoms with Gasteiger partial charge in [0.15, 0.2) is 17.3 Å². The molecule has 0 aromatic carbocycles. The molecule has 9 heteroatoms. The number of H-pyrrole nitrogens is 1. The lowest BCUT2D eigenvalue weighted by Gasteiger charge is -1.99. The van der Waals surface area contributed by atoms with E-state index in [4.69, 9.17) is 11.5 Å². The number of nitrogen functional groups attached to an aromatic ring is 2. The maximum Gasteiger partial charge on any atom is 0.224 e. The molecule has 0 saturated heterocycles. The topological polar surface area (TPSA) is 140 Å². The number of aromatic amines is 1. The highest BCUT2D eigenvalue weighted by atomic mass is 19.1. The second-order valence-electron chi connectivity index (χ2n) is 3.77. The molecule has 0 saturated carbocycles. The van der Waals surface area contributed by atoms with E-state index < -0.39 is 5.82 Å². The zero-order valence-electron chi connectivity index (χ0n) is 9.42. The van der Waals surface area contributed by atoms with Crippen LogP contribution in [-0.2, 0) is 0 Å². The molecular formula is C10H8FN7O. The summed E-state index contributed by atoms with van der Waals surface area (Å²) in [6.45, 7) is 0. The van der Waals surface area contributed by atoms with Crippen molar-refractivity contribution in [2.75, 3.05) is 11.5 Å². The number of halogens is 1. The van der Waals surface area contributed by atoms with Gasteiger partial charge in [-0.3, -0.25) is 0 Å². The lowest BCUT2D eigenvalue weighted by molar-refractivity contribution is 0.467. The zero-order chi connectivity index (χ0) is 13.6. The summed E-state index contributed by atoms with van der Waals surface area (Å²) in [5.41, 5.74) is 11.8. The van der Waals surface area contributed by atoms with Crippen LogP contribution in [0.25, 0.3) is 22.7 Å². The number of imidazole rings is 1. The van der Waals surface area contributed by atoms with Crippen molar-refractivity contribution in [1.29, 1.82) is 0 Å². The van der Waals surface area contributed by atoms with Crippen LogP contribution in [0, 0.1) is 5.82 Å². The van der Waals surface area contributed by atoms with E-state index in [0.717, 1.165) is 12.3 Å². The summed E-state index contributed by atoms with van der Waals surface area (Å²) in [6, 6.07) is 0.929. The number of nitrogens with two attached hydrogens (primary N) is 2. The normalized spacial score (nSPS) is 11.0. The maximum absolute atomic E-state index is 12.9. The highest BCUT2D eigenvalue weighted by Crippen LogP contribution is 2.27. The van der Waals surface area contributed by atoms with Crippen LogP contribution in [0.2, 0.25) is 0 Å². The van der Waals surface area contributed by atoms with E-state index in [1.165, 1.54) is 0 Å². The molecule has 0 aliphatic heterocycles. The van der Waals surface area contributed by atoms with E-state index in [1.54, 1.807) is 0 Å². The van der Waals surface area contributed by atoms with Crippen molar-refractivity contribution >= 4 is 22.9 Å². The highest BCUT2D eigenvalue weighted by Gasteiger charge is 2.15. The zero-order valence-corrected chi connectivity index (χ0v) is 9.42. The van der Waals surface area contributed by atoms with Gasteiger partial charge in [0.1, 0.15) is 22.8 Å². The smallest absolute Gasteiger partial charge is 0.224 e. The van der Waals surface area contributed by atoms with Crippen LogP contribution in [0.5, 0.6) is 5.75 Å². The Balaban J connectivity index is 2.23. The SMILES string of the molecule is Nc1nc(N)c2[nH]c(-c3ncc(F)cc3O)nc2n1. The molecule has 0 spiro atoms. The number of nitrogens with zero attached hydrogens (tertiary/aromatic N) is 4. The average molecular weight is 261 g/mol. The van der Waals surface area contributed by atoms with Gasteiger partial charge in [0.2, 0.25) is 5.95 Å². The van der Waals surface area contributed by atoms with Gasteiger partial charge < -0.3 is 21.6 Å². The number of anilines is 2. The lowest BCUT2D eigenvalue weighted by Crippen LogP contribution is -1.99. The largest absolute Gasteiger partial charge is 0.505 e. The van der Waals surface area contributed by atoms with Crippen LogP contribution >= 0.6 is 0 Å². The monoisotopic (exact) mass is 261 g/mol. The van der Waals surface area contributed by atoms with Gasteiger partial charge in [-0.25, -0.2) is 14.4 Å². The Morgan fingerprint density at radius 3 is 2.74 bits per heavy atom. The van der Waals surface area contributed by atoms with Crippen LogP contribution in [0.4, 0.5) is 16.2 Å². The third-order valence-electron chi connectivity index (χ3n) is 2.45. The number of hydrogen-bond acceptors (Lipinski definition) is 7. The van der Waals surface area contributed by atoms with E-state index in [9.17, 15) is 9.50 Å². The summed E-state index contributed by atoms with van der Waals surface area (Å²) < 4.78 is 12.9. The Hall–Kier alpha value is -2.97. The minimum Gasteiger partial charge on any atom is -0.505 e. The van der Waals surface area contributed by atoms with Gasteiger partial charge in [0.05, 0.1) is 6.20 Å². The second-order valence-corrected chi connectivity index (χ2v) is 3.77. The molecule has 0 aliphatic rings. The number of aromatic hydroxyl groups is 1. The Bertz CT molecular complexity index is 785. The molecule has 0 amide bonds. The molecule has 3 aromatic heterocycles. The second kappa shape index (κ2) is 3.77. The minimum absolute atomic E-state index is 0.0145. The van der Waals surface area contributed by atoms with Crippen LogP contribution in [0.3, 0.4) is 0 Å². The summed E-state index contributed by atoms with van der Waals surface area (Å²) >= 11 is 0. The van der Waals surface area contributed by atoms with Crippen LogP contribution in [0.15, 0.2) is 12.3 Å². The molecule has 96 valence electrons. The maximum atomic E-state index is 12.9. The fourth-order valence-electron chi connectivity index (χ4n) is 1.66. The number of hydrogen-bond donors (Lipinski definition) is 4. The van der Waals surface area contributed by atoms with E-state index in [2.05, 4.69) is 24.9 Å². The van der Waals surface area contributed by atoms with E-state index >= 15 is 0 Å². The van der Waals surface area contributed by atoms with Crippen LogP contribution in [0.1, 0.15) is 0 Å². The van der Waals surface area contributed by atoms with E-state index in [0.29, 0.717) is 5.52 Å². The third-order valence-corrected chi connectivity index (χ3v) is 2.45. The van der Waals surface area contributed by atoms with Gasteiger partial charge in [0.25, 0.3) is 0 Å². The molecule has 0 fully saturated rings. The molecule has 3 rings (SSSR count). The van der Waals surface area contributed by atoms with Crippen LogP contribution < -0.4 is 11.5 Å². The van der Waals surface area contributed by atoms with Crippen molar-refractivity contribution < 1.29 is 9.50 Å². The van der Waals surface area contributed by atoms with Gasteiger partial charge in [-0.1, -0.05) is 0 Å². The van der Waals surface area contributed by atoms with E-state index in [-0.39, 0.29) is 34.7 Å².